The lowest BCUT2D eigenvalue weighted by atomic mass is 9.98. The highest BCUT2D eigenvalue weighted by molar-refractivity contribution is 7.07. The van der Waals surface area contributed by atoms with Crippen molar-refractivity contribution in [1.82, 2.24) is 10.5 Å². The summed E-state index contributed by atoms with van der Waals surface area (Å²) in [5.41, 5.74) is 0.471. The highest BCUT2D eigenvalue weighted by Gasteiger charge is 2.23. The van der Waals surface area contributed by atoms with E-state index in [9.17, 15) is 9.90 Å². The van der Waals surface area contributed by atoms with E-state index in [1.165, 1.54) is 6.20 Å². The van der Waals surface area contributed by atoms with Crippen LogP contribution >= 0.6 is 11.3 Å². The average Bonchev–Trinajstić information content (AvgIpc) is 2.97. The van der Waals surface area contributed by atoms with Crippen LogP contribution in [-0.2, 0) is 6.42 Å². The van der Waals surface area contributed by atoms with Gasteiger partial charge in [-0.15, -0.1) is 0 Å². The molecule has 0 aliphatic rings. The van der Waals surface area contributed by atoms with Crippen LogP contribution in [0.3, 0.4) is 0 Å². The second kappa shape index (κ2) is 5.54. The second-order valence-electron chi connectivity index (χ2n) is 4.78. The predicted octanol–water partition coefficient (Wildman–Crippen LogP) is 1.77. The Morgan fingerprint density at radius 2 is 2.42 bits per heavy atom. The Kier molecular flexibility index (Phi) is 4.01. The number of thiophene rings is 1. The van der Waals surface area contributed by atoms with E-state index in [1.807, 2.05) is 16.8 Å². The number of amides is 1. The Labute approximate surface area is 115 Å². The molecule has 0 saturated carbocycles. The topological polar surface area (TPSA) is 75.4 Å². The average molecular weight is 280 g/mol. The lowest BCUT2D eigenvalue weighted by Crippen LogP contribution is -2.42. The number of rotatable bonds is 5. The Morgan fingerprint density at radius 1 is 1.63 bits per heavy atom. The summed E-state index contributed by atoms with van der Waals surface area (Å²) in [5.74, 6) is 0.180. The van der Waals surface area contributed by atoms with Gasteiger partial charge in [0.25, 0.3) is 5.91 Å². The number of nitrogens with one attached hydrogen (secondary N) is 1. The van der Waals surface area contributed by atoms with Gasteiger partial charge in [-0.05, 0) is 36.2 Å². The summed E-state index contributed by atoms with van der Waals surface area (Å²) in [5, 5.41) is 20.4. The molecule has 2 N–H and O–H groups in total. The van der Waals surface area contributed by atoms with Gasteiger partial charge in [-0.3, -0.25) is 4.79 Å². The van der Waals surface area contributed by atoms with Gasteiger partial charge in [-0.2, -0.15) is 11.3 Å². The van der Waals surface area contributed by atoms with Gasteiger partial charge in [0.15, 0.2) is 0 Å². The highest BCUT2D eigenvalue weighted by atomic mass is 32.1. The molecule has 0 bridgehead atoms. The first kappa shape index (κ1) is 13.8. The van der Waals surface area contributed by atoms with Gasteiger partial charge in [-0.1, -0.05) is 5.16 Å². The zero-order valence-corrected chi connectivity index (χ0v) is 11.7. The van der Waals surface area contributed by atoms with Crippen molar-refractivity contribution < 1.29 is 14.4 Å². The molecule has 2 aromatic rings. The largest absolute Gasteiger partial charge is 0.388 e. The Hall–Kier alpha value is -1.66. The minimum atomic E-state index is -0.984. The van der Waals surface area contributed by atoms with Crippen LogP contribution < -0.4 is 5.32 Å². The van der Waals surface area contributed by atoms with Gasteiger partial charge in [0, 0.05) is 13.0 Å². The highest BCUT2D eigenvalue weighted by Crippen LogP contribution is 2.15. The van der Waals surface area contributed by atoms with Crippen LogP contribution in [-0.4, -0.2) is 28.3 Å². The van der Waals surface area contributed by atoms with Gasteiger partial charge in [0.1, 0.15) is 11.3 Å². The molecule has 0 aromatic carbocycles. The summed E-state index contributed by atoms with van der Waals surface area (Å²) in [7, 11) is 0. The van der Waals surface area contributed by atoms with Gasteiger partial charge in [0.2, 0.25) is 0 Å². The smallest absolute Gasteiger partial charge is 0.256 e. The van der Waals surface area contributed by atoms with Crippen molar-refractivity contribution in [2.24, 2.45) is 0 Å². The number of carbonyl (C=O) groups is 1. The van der Waals surface area contributed by atoms with Crippen molar-refractivity contribution in [3.63, 3.8) is 0 Å². The third-order valence-corrected chi connectivity index (χ3v) is 3.52. The van der Waals surface area contributed by atoms with Gasteiger partial charge in [0.05, 0.1) is 11.8 Å². The first-order valence-corrected chi connectivity index (χ1v) is 6.85. The standard InChI is InChI=1S/C13H16N2O3S/c1-9-11(6-15-18-9)12(16)14-8-13(2,17)5-10-3-4-19-7-10/h3-4,6-7,17H,5,8H2,1-2H3,(H,14,16). The molecular weight excluding hydrogens is 264 g/mol. The minimum absolute atomic E-state index is 0.173. The van der Waals surface area contributed by atoms with Gasteiger partial charge >= 0.3 is 0 Å². The molecule has 1 amide bonds. The van der Waals surface area contributed by atoms with Crippen LogP contribution in [0, 0.1) is 6.92 Å². The zero-order valence-electron chi connectivity index (χ0n) is 10.8. The molecule has 2 heterocycles. The number of aromatic nitrogens is 1. The lowest BCUT2D eigenvalue weighted by molar-refractivity contribution is 0.0553. The first-order chi connectivity index (χ1) is 8.98. The Bertz CT molecular complexity index is 546. The summed E-state index contributed by atoms with van der Waals surface area (Å²) in [6.07, 6.45) is 1.87. The molecule has 1 unspecified atom stereocenters. The van der Waals surface area contributed by atoms with E-state index < -0.39 is 5.60 Å². The fourth-order valence-corrected chi connectivity index (χ4v) is 2.45. The lowest BCUT2D eigenvalue weighted by Gasteiger charge is -2.23. The van der Waals surface area contributed by atoms with E-state index >= 15 is 0 Å². The fraction of sp³-hybridized carbons (Fsp3) is 0.385. The summed E-state index contributed by atoms with van der Waals surface area (Å²) < 4.78 is 4.83. The van der Waals surface area contributed by atoms with Crippen molar-refractivity contribution in [1.29, 1.82) is 0 Å². The Balaban J connectivity index is 1.91. The van der Waals surface area contributed by atoms with Crippen molar-refractivity contribution in [3.05, 3.63) is 39.9 Å². The maximum Gasteiger partial charge on any atom is 0.256 e. The van der Waals surface area contributed by atoms with Crippen LogP contribution in [0.25, 0.3) is 0 Å². The normalized spacial score (nSPS) is 14.1. The van der Waals surface area contributed by atoms with E-state index in [4.69, 9.17) is 4.52 Å². The van der Waals surface area contributed by atoms with E-state index in [1.54, 1.807) is 25.2 Å². The number of aliphatic hydroxyl groups is 1. The summed E-state index contributed by atoms with van der Waals surface area (Å²) in [6, 6.07) is 1.96. The van der Waals surface area contributed by atoms with E-state index in [0.717, 1.165) is 5.56 Å². The molecule has 6 heteroatoms. The van der Waals surface area contributed by atoms with Gasteiger partial charge in [-0.25, -0.2) is 0 Å². The van der Waals surface area contributed by atoms with Crippen LogP contribution in [0.1, 0.15) is 28.6 Å². The third kappa shape index (κ3) is 3.65. The SMILES string of the molecule is Cc1oncc1C(=O)NCC(C)(O)Cc1ccsc1. The molecule has 2 rings (SSSR count). The molecule has 1 atom stereocenters. The first-order valence-electron chi connectivity index (χ1n) is 5.91. The molecule has 19 heavy (non-hydrogen) atoms. The molecule has 0 fully saturated rings. The number of nitrogens with zero attached hydrogens (tertiary/aromatic N) is 1. The van der Waals surface area contributed by atoms with Crippen LogP contribution in [0.2, 0.25) is 0 Å². The Morgan fingerprint density at radius 3 is 3.00 bits per heavy atom. The second-order valence-corrected chi connectivity index (χ2v) is 5.56. The molecule has 0 radical (unpaired) electrons. The number of aryl methyl sites for hydroxylation is 1. The maximum absolute atomic E-state index is 11.9. The number of hydrogen-bond acceptors (Lipinski definition) is 5. The van der Waals surface area contributed by atoms with E-state index in [-0.39, 0.29) is 12.5 Å². The molecule has 0 saturated heterocycles. The van der Waals surface area contributed by atoms with Crippen molar-refractivity contribution in [2.45, 2.75) is 25.9 Å². The molecule has 2 aromatic heterocycles. The summed E-state index contributed by atoms with van der Waals surface area (Å²) >= 11 is 1.59. The number of carbonyl (C=O) groups excluding carboxylic acids is 1. The number of hydrogen-bond donors (Lipinski definition) is 2. The fourth-order valence-electron chi connectivity index (χ4n) is 1.78. The van der Waals surface area contributed by atoms with Crippen LogP contribution in [0.4, 0.5) is 0 Å². The summed E-state index contributed by atoms with van der Waals surface area (Å²) in [6.45, 7) is 3.54. The van der Waals surface area contributed by atoms with Crippen molar-refractivity contribution in [3.8, 4) is 0 Å². The molecule has 5 nitrogen and oxygen atoms in total. The quantitative estimate of drug-likeness (QED) is 0.875. The molecule has 0 spiro atoms. The molecular formula is C13H16N2O3S. The molecule has 0 aliphatic carbocycles. The molecule has 102 valence electrons. The minimum Gasteiger partial charge on any atom is -0.388 e. The monoisotopic (exact) mass is 280 g/mol. The van der Waals surface area contributed by atoms with Crippen molar-refractivity contribution >= 4 is 17.2 Å². The predicted molar refractivity (Wildman–Crippen MR) is 72.2 cm³/mol. The van der Waals surface area contributed by atoms with Crippen molar-refractivity contribution in [2.75, 3.05) is 6.54 Å². The summed E-state index contributed by atoms with van der Waals surface area (Å²) in [4.78, 5) is 11.9. The van der Waals surface area contributed by atoms with Crippen LogP contribution in [0.5, 0.6) is 0 Å². The molecule has 0 aliphatic heterocycles. The third-order valence-electron chi connectivity index (χ3n) is 2.79. The van der Waals surface area contributed by atoms with Gasteiger partial charge < -0.3 is 14.9 Å². The van der Waals surface area contributed by atoms with Crippen LogP contribution in [0.15, 0.2) is 27.5 Å². The van der Waals surface area contributed by atoms with E-state index in [0.29, 0.717) is 17.7 Å². The van der Waals surface area contributed by atoms with E-state index in [2.05, 4.69) is 10.5 Å². The zero-order chi connectivity index (χ0) is 13.9. The maximum atomic E-state index is 11.9.